The summed E-state index contributed by atoms with van der Waals surface area (Å²) in [6.45, 7) is 2.31. The average molecular weight is 111 g/mol. The molecule has 0 aliphatic carbocycles. The molecule has 0 radical (unpaired) electrons. The van der Waals surface area contributed by atoms with Crippen molar-refractivity contribution in [3.63, 3.8) is 0 Å². The summed E-state index contributed by atoms with van der Waals surface area (Å²) in [5.74, 6) is -0.231. The largest absolute Gasteiger partial charge is 0.609 e. The summed E-state index contributed by atoms with van der Waals surface area (Å²) in [6.07, 6.45) is 3.34. The Bertz CT molecular complexity index is 145. The van der Waals surface area contributed by atoms with Crippen LogP contribution in [0.4, 0.5) is 0 Å². The van der Waals surface area contributed by atoms with Gasteiger partial charge in [0, 0.05) is 6.61 Å². The Morgan fingerprint density at radius 2 is 2.50 bits per heavy atom. The van der Waals surface area contributed by atoms with Crippen LogP contribution in [0, 0.1) is 0 Å². The van der Waals surface area contributed by atoms with Crippen LogP contribution in [0.2, 0.25) is 0 Å². The lowest BCUT2D eigenvalue weighted by Crippen LogP contribution is -2.11. The zero-order chi connectivity index (χ0) is 5.98. The van der Waals surface area contributed by atoms with Crippen LogP contribution < -0.4 is 5.11 Å². The molecule has 8 heavy (non-hydrogen) atoms. The molecule has 44 valence electrons. The highest BCUT2D eigenvalue weighted by molar-refractivity contribution is 5.18. The van der Waals surface area contributed by atoms with Gasteiger partial charge in [0.05, 0.1) is 5.95 Å². The first-order valence-electron chi connectivity index (χ1n) is 2.47. The number of rotatable bonds is 0. The average Bonchev–Trinajstić information content (AvgIpc) is 1.64. The standard InChI is InChI=1S/C6H8O2/c1-5-2-3-8-6(7)4-5/h2,4,7H,3H2,1H3/p-1. The van der Waals surface area contributed by atoms with E-state index in [0.29, 0.717) is 6.61 Å². The highest BCUT2D eigenvalue weighted by atomic mass is 16.6. The topological polar surface area (TPSA) is 32.3 Å². The summed E-state index contributed by atoms with van der Waals surface area (Å²) in [7, 11) is 0. The predicted octanol–water partition coefficient (Wildman–Crippen LogP) is 0.165. The molecule has 2 nitrogen and oxygen atoms in total. The molecule has 0 bridgehead atoms. The van der Waals surface area contributed by atoms with Crippen molar-refractivity contribution < 1.29 is 9.84 Å². The number of hydrogen-bond acceptors (Lipinski definition) is 2. The summed E-state index contributed by atoms with van der Waals surface area (Å²) in [5, 5.41) is 10.4. The van der Waals surface area contributed by atoms with E-state index in [1.165, 1.54) is 6.08 Å². The fraction of sp³-hybridized carbons (Fsp3) is 0.333. The van der Waals surface area contributed by atoms with Crippen LogP contribution in [-0.4, -0.2) is 6.61 Å². The summed E-state index contributed by atoms with van der Waals surface area (Å²) in [4.78, 5) is 0. The minimum absolute atomic E-state index is 0.231. The molecule has 0 aromatic heterocycles. The van der Waals surface area contributed by atoms with Crippen molar-refractivity contribution in [2.45, 2.75) is 6.92 Å². The van der Waals surface area contributed by atoms with Crippen LogP contribution in [-0.2, 0) is 4.74 Å². The van der Waals surface area contributed by atoms with Gasteiger partial charge in [0.2, 0.25) is 0 Å². The van der Waals surface area contributed by atoms with Crippen molar-refractivity contribution in [1.29, 1.82) is 0 Å². The molecule has 1 heterocycles. The van der Waals surface area contributed by atoms with E-state index in [-0.39, 0.29) is 5.95 Å². The van der Waals surface area contributed by atoms with Gasteiger partial charge >= 0.3 is 0 Å². The smallest absolute Gasteiger partial charge is 0.0517 e. The van der Waals surface area contributed by atoms with Crippen LogP contribution >= 0.6 is 0 Å². The Labute approximate surface area is 48.1 Å². The molecule has 0 saturated heterocycles. The van der Waals surface area contributed by atoms with Gasteiger partial charge in [-0.3, -0.25) is 0 Å². The second-order valence-corrected chi connectivity index (χ2v) is 1.72. The number of allylic oxidation sites excluding steroid dienone is 2. The van der Waals surface area contributed by atoms with E-state index >= 15 is 0 Å². The van der Waals surface area contributed by atoms with E-state index in [1.807, 2.05) is 13.0 Å². The molecule has 2 heteroatoms. The number of hydrogen-bond donors (Lipinski definition) is 0. The quantitative estimate of drug-likeness (QED) is 0.446. The molecule has 0 saturated carbocycles. The van der Waals surface area contributed by atoms with E-state index in [1.54, 1.807) is 0 Å². The molecule has 1 rings (SSSR count). The molecular formula is C6H7O2-. The van der Waals surface area contributed by atoms with Gasteiger partial charge in [-0.15, -0.1) is 0 Å². The molecule has 1 aliphatic rings. The summed E-state index contributed by atoms with van der Waals surface area (Å²) < 4.78 is 4.58. The second-order valence-electron chi connectivity index (χ2n) is 1.72. The maximum Gasteiger partial charge on any atom is 0.0517 e. The van der Waals surface area contributed by atoms with Gasteiger partial charge in [0.1, 0.15) is 0 Å². The highest BCUT2D eigenvalue weighted by Gasteiger charge is 1.88. The highest BCUT2D eigenvalue weighted by Crippen LogP contribution is 2.04. The monoisotopic (exact) mass is 111 g/mol. The van der Waals surface area contributed by atoms with Gasteiger partial charge in [-0.2, -0.15) is 0 Å². The Morgan fingerprint density at radius 3 is 2.88 bits per heavy atom. The van der Waals surface area contributed by atoms with Crippen LogP contribution in [0.25, 0.3) is 0 Å². The van der Waals surface area contributed by atoms with Gasteiger partial charge in [-0.1, -0.05) is 11.6 Å². The van der Waals surface area contributed by atoms with Crippen molar-refractivity contribution in [2.75, 3.05) is 6.61 Å². The number of ether oxygens (including phenoxy) is 1. The normalized spacial score (nSPS) is 18.6. The van der Waals surface area contributed by atoms with Gasteiger partial charge < -0.3 is 9.84 Å². The summed E-state index contributed by atoms with van der Waals surface area (Å²) >= 11 is 0. The van der Waals surface area contributed by atoms with Crippen molar-refractivity contribution in [3.8, 4) is 0 Å². The first kappa shape index (κ1) is 5.22. The van der Waals surface area contributed by atoms with Gasteiger partial charge in [0.15, 0.2) is 0 Å². The molecule has 0 amide bonds. The van der Waals surface area contributed by atoms with Crippen molar-refractivity contribution in [3.05, 3.63) is 23.7 Å². The van der Waals surface area contributed by atoms with E-state index < -0.39 is 0 Å². The van der Waals surface area contributed by atoms with Crippen molar-refractivity contribution in [1.82, 2.24) is 0 Å². The molecule has 0 aromatic rings. The Hall–Kier alpha value is -0.920. The van der Waals surface area contributed by atoms with E-state index in [2.05, 4.69) is 4.74 Å². The molecule has 0 spiro atoms. The van der Waals surface area contributed by atoms with E-state index in [4.69, 9.17) is 0 Å². The minimum atomic E-state index is -0.231. The maximum absolute atomic E-state index is 10.4. The summed E-state index contributed by atoms with van der Waals surface area (Å²) in [5.41, 5.74) is 0.987. The molecule has 0 N–H and O–H groups in total. The molecule has 1 aliphatic heterocycles. The lowest BCUT2D eigenvalue weighted by atomic mass is 10.2. The van der Waals surface area contributed by atoms with Crippen molar-refractivity contribution in [2.24, 2.45) is 0 Å². The SMILES string of the molecule is CC1=CCOC([O-])=C1. The second kappa shape index (κ2) is 1.90. The van der Waals surface area contributed by atoms with Crippen LogP contribution in [0.5, 0.6) is 0 Å². The van der Waals surface area contributed by atoms with E-state index in [9.17, 15) is 5.11 Å². The fourth-order valence-electron chi connectivity index (χ4n) is 0.542. The Balaban J connectivity index is 2.69. The third-order valence-corrected chi connectivity index (χ3v) is 0.976. The predicted molar refractivity (Wildman–Crippen MR) is 27.8 cm³/mol. The van der Waals surface area contributed by atoms with E-state index in [0.717, 1.165) is 5.57 Å². The molecular weight excluding hydrogens is 104 g/mol. The first-order valence-corrected chi connectivity index (χ1v) is 2.47. The van der Waals surface area contributed by atoms with Crippen LogP contribution in [0.15, 0.2) is 23.7 Å². The lowest BCUT2D eigenvalue weighted by Gasteiger charge is -2.17. The minimum Gasteiger partial charge on any atom is -0.609 e. The molecule has 0 aromatic carbocycles. The maximum atomic E-state index is 10.4. The van der Waals surface area contributed by atoms with Crippen molar-refractivity contribution >= 4 is 0 Å². The van der Waals surface area contributed by atoms with Crippen LogP contribution in [0.1, 0.15) is 6.92 Å². The molecule has 0 atom stereocenters. The summed E-state index contributed by atoms with van der Waals surface area (Å²) in [6, 6.07) is 0. The third kappa shape index (κ3) is 1.03. The van der Waals surface area contributed by atoms with Gasteiger partial charge in [0.25, 0.3) is 0 Å². The zero-order valence-corrected chi connectivity index (χ0v) is 4.68. The lowest BCUT2D eigenvalue weighted by molar-refractivity contribution is -0.356. The van der Waals surface area contributed by atoms with Gasteiger partial charge in [-0.25, -0.2) is 0 Å². The molecule has 0 fully saturated rings. The van der Waals surface area contributed by atoms with Gasteiger partial charge in [-0.05, 0) is 13.0 Å². The first-order chi connectivity index (χ1) is 3.79. The third-order valence-electron chi connectivity index (χ3n) is 0.976. The molecule has 0 unspecified atom stereocenters. The Morgan fingerprint density at radius 1 is 1.75 bits per heavy atom. The Kier molecular flexibility index (Phi) is 1.24. The fourth-order valence-corrected chi connectivity index (χ4v) is 0.542. The van der Waals surface area contributed by atoms with Crippen LogP contribution in [0.3, 0.4) is 0 Å². The zero-order valence-electron chi connectivity index (χ0n) is 4.68.